The summed E-state index contributed by atoms with van der Waals surface area (Å²) in [5, 5.41) is 3.41. The quantitative estimate of drug-likeness (QED) is 0.663. The minimum absolute atomic E-state index is 0. The molecule has 1 fully saturated rings. The third-order valence-electron chi connectivity index (χ3n) is 1.76. The molecule has 1 aliphatic rings. The average Bonchev–Trinajstić information content (AvgIpc) is 2.10. The summed E-state index contributed by atoms with van der Waals surface area (Å²) in [6.45, 7) is 9.48. The summed E-state index contributed by atoms with van der Waals surface area (Å²) < 4.78 is 5.52. The summed E-state index contributed by atoms with van der Waals surface area (Å²) in [6.07, 6.45) is 0.259. The van der Waals surface area contributed by atoms with Gasteiger partial charge in [0.1, 0.15) is 6.23 Å². The van der Waals surface area contributed by atoms with E-state index < -0.39 is 0 Å². The predicted octanol–water partition coefficient (Wildman–Crippen LogP) is 1.79. The van der Waals surface area contributed by atoms with Gasteiger partial charge in [-0.05, 0) is 19.8 Å². The van der Waals surface area contributed by atoms with Crippen molar-refractivity contribution in [1.29, 1.82) is 0 Å². The number of nitrogens with one attached hydrogen (secondary N) is 1. The molecule has 0 bridgehead atoms. The van der Waals surface area contributed by atoms with Crippen LogP contribution in [0.5, 0.6) is 0 Å². The lowest BCUT2D eigenvalue weighted by Gasteiger charge is -2.18. The Kier molecular flexibility index (Phi) is 3.82. The van der Waals surface area contributed by atoms with Crippen LogP contribution in [0.25, 0.3) is 0 Å². The normalized spacial score (nSPS) is 28.6. The number of ether oxygens (including phenoxy) is 1. The Bertz CT molecular complexity index is 125. The van der Waals surface area contributed by atoms with Crippen molar-refractivity contribution in [2.45, 2.75) is 39.5 Å². The molecule has 1 unspecified atom stereocenters. The van der Waals surface area contributed by atoms with Crippen LogP contribution in [0.15, 0.2) is 0 Å². The zero-order valence-corrected chi connectivity index (χ0v) is 8.49. The van der Waals surface area contributed by atoms with Gasteiger partial charge in [0.2, 0.25) is 0 Å². The van der Waals surface area contributed by atoms with Crippen LogP contribution in [0.1, 0.15) is 27.7 Å². The van der Waals surface area contributed by atoms with Crippen LogP contribution in [0.3, 0.4) is 0 Å². The van der Waals surface area contributed by atoms with Gasteiger partial charge >= 0.3 is 0 Å². The van der Waals surface area contributed by atoms with Crippen molar-refractivity contribution in [2.24, 2.45) is 5.92 Å². The van der Waals surface area contributed by atoms with Crippen molar-refractivity contribution in [3.05, 3.63) is 0 Å². The molecule has 1 aliphatic heterocycles. The fraction of sp³-hybridized carbons (Fsp3) is 1.00. The highest BCUT2D eigenvalue weighted by Crippen LogP contribution is 2.18. The summed E-state index contributed by atoms with van der Waals surface area (Å²) in [7, 11) is 0. The number of hydrogen-bond acceptors (Lipinski definition) is 2. The van der Waals surface area contributed by atoms with Gasteiger partial charge in [-0.25, -0.2) is 0 Å². The molecule has 68 valence electrons. The van der Waals surface area contributed by atoms with Crippen molar-refractivity contribution < 1.29 is 4.74 Å². The molecular formula is C8H18ClNO. The van der Waals surface area contributed by atoms with Crippen LogP contribution in [-0.4, -0.2) is 18.4 Å². The van der Waals surface area contributed by atoms with Gasteiger partial charge in [0, 0.05) is 5.54 Å². The standard InChI is InChI=1S/C8H17NO.ClH/c1-6(2)7-9-8(3,4)5-10-7;/h6-7,9H,5H2,1-4H3;1H. The maximum atomic E-state index is 5.52. The highest BCUT2D eigenvalue weighted by molar-refractivity contribution is 5.85. The lowest BCUT2D eigenvalue weighted by molar-refractivity contribution is 0.0636. The van der Waals surface area contributed by atoms with Crippen LogP contribution in [0.4, 0.5) is 0 Å². The van der Waals surface area contributed by atoms with E-state index in [-0.39, 0.29) is 24.2 Å². The van der Waals surface area contributed by atoms with E-state index in [0.717, 1.165) is 6.61 Å². The highest BCUT2D eigenvalue weighted by Gasteiger charge is 2.31. The van der Waals surface area contributed by atoms with Crippen LogP contribution < -0.4 is 5.32 Å². The summed E-state index contributed by atoms with van der Waals surface area (Å²) in [4.78, 5) is 0. The molecule has 0 aromatic heterocycles. The van der Waals surface area contributed by atoms with Gasteiger partial charge < -0.3 is 4.74 Å². The molecule has 1 saturated heterocycles. The first-order chi connectivity index (χ1) is 4.51. The predicted molar refractivity (Wildman–Crippen MR) is 49.0 cm³/mol. The maximum Gasteiger partial charge on any atom is 0.111 e. The highest BCUT2D eigenvalue weighted by atomic mass is 35.5. The second-order valence-corrected chi connectivity index (χ2v) is 4.00. The van der Waals surface area contributed by atoms with Crippen molar-refractivity contribution >= 4 is 12.4 Å². The van der Waals surface area contributed by atoms with Crippen molar-refractivity contribution in [2.75, 3.05) is 6.61 Å². The Morgan fingerprint density at radius 3 is 2.18 bits per heavy atom. The van der Waals surface area contributed by atoms with Crippen LogP contribution >= 0.6 is 12.4 Å². The number of rotatable bonds is 1. The maximum absolute atomic E-state index is 5.52. The monoisotopic (exact) mass is 179 g/mol. The molecule has 0 aromatic rings. The molecule has 0 aliphatic carbocycles. The Morgan fingerprint density at radius 2 is 2.00 bits per heavy atom. The first-order valence-electron chi connectivity index (χ1n) is 3.90. The Morgan fingerprint density at radius 1 is 1.45 bits per heavy atom. The van der Waals surface area contributed by atoms with E-state index in [0.29, 0.717) is 5.92 Å². The zero-order chi connectivity index (χ0) is 7.78. The van der Waals surface area contributed by atoms with Crippen molar-refractivity contribution in [3.63, 3.8) is 0 Å². The summed E-state index contributed by atoms with van der Waals surface area (Å²) in [5.74, 6) is 0.571. The second-order valence-electron chi connectivity index (χ2n) is 4.00. The Hall–Kier alpha value is 0.210. The molecule has 1 heterocycles. The first kappa shape index (κ1) is 11.2. The van der Waals surface area contributed by atoms with E-state index in [1.807, 2.05) is 0 Å². The third kappa shape index (κ3) is 2.97. The van der Waals surface area contributed by atoms with Gasteiger partial charge in [-0.3, -0.25) is 5.32 Å². The van der Waals surface area contributed by atoms with Gasteiger partial charge in [0.15, 0.2) is 0 Å². The smallest absolute Gasteiger partial charge is 0.111 e. The number of hydrogen-bond donors (Lipinski definition) is 1. The summed E-state index contributed by atoms with van der Waals surface area (Å²) in [6, 6.07) is 0. The molecule has 1 N–H and O–H groups in total. The second kappa shape index (κ2) is 3.74. The van der Waals surface area contributed by atoms with E-state index in [1.165, 1.54) is 0 Å². The van der Waals surface area contributed by atoms with Gasteiger partial charge in [-0.1, -0.05) is 13.8 Å². The van der Waals surface area contributed by atoms with Gasteiger partial charge in [0.05, 0.1) is 6.61 Å². The van der Waals surface area contributed by atoms with E-state index in [4.69, 9.17) is 4.74 Å². The average molecular weight is 180 g/mol. The Balaban J connectivity index is 0.000001000. The number of halogens is 1. The van der Waals surface area contributed by atoms with Gasteiger partial charge in [0.25, 0.3) is 0 Å². The van der Waals surface area contributed by atoms with Gasteiger partial charge in [-0.15, -0.1) is 12.4 Å². The largest absolute Gasteiger partial charge is 0.361 e. The fourth-order valence-corrected chi connectivity index (χ4v) is 1.13. The molecule has 0 radical (unpaired) electrons. The van der Waals surface area contributed by atoms with Crippen molar-refractivity contribution in [1.82, 2.24) is 5.32 Å². The van der Waals surface area contributed by atoms with E-state index in [2.05, 4.69) is 33.0 Å². The third-order valence-corrected chi connectivity index (χ3v) is 1.76. The molecule has 3 heteroatoms. The topological polar surface area (TPSA) is 21.3 Å². The lowest BCUT2D eigenvalue weighted by Crippen LogP contribution is -2.40. The molecule has 11 heavy (non-hydrogen) atoms. The van der Waals surface area contributed by atoms with E-state index >= 15 is 0 Å². The van der Waals surface area contributed by atoms with E-state index in [1.54, 1.807) is 0 Å². The van der Waals surface area contributed by atoms with Crippen LogP contribution in [0.2, 0.25) is 0 Å². The molecule has 1 rings (SSSR count). The van der Waals surface area contributed by atoms with Crippen LogP contribution in [0, 0.1) is 5.92 Å². The molecule has 0 saturated carbocycles. The SMILES string of the molecule is CC(C)C1NC(C)(C)CO1.Cl. The summed E-state index contributed by atoms with van der Waals surface area (Å²) in [5.41, 5.74) is 0.176. The van der Waals surface area contributed by atoms with Gasteiger partial charge in [-0.2, -0.15) is 0 Å². The molecule has 0 spiro atoms. The molecule has 0 aromatic carbocycles. The van der Waals surface area contributed by atoms with Crippen LogP contribution in [-0.2, 0) is 4.74 Å². The fourth-order valence-electron chi connectivity index (χ4n) is 1.13. The molecular weight excluding hydrogens is 162 g/mol. The molecule has 1 atom stereocenters. The minimum Gasteiger partial charge on any atom is -0.361 e. The summed E-state index contributed by atoms with van der Waals surface area (Å²) >= 11 is 0. The zero-order valence-electron chi connectivity index (χ0n) is 7.68. The molecule has 2 nitrogen and oxygen atoms in total. The molecule has 0 amide bonds. The first-order valence-corrected chi connectivity index (χ1v) is 3.90. The Labute approximate surface area is 75.1 Å². The van der Waals surface area contributed by atoms with Crippen molar-refractivity contribution in [3.8, 4) is 0 Å². The van der Waals surface area contributed by atoms with E-state index in [9.17, 15) is 0 Å². The lowest BCUT2D eigenvalue weighted by atomic mass is 10.1. The minimum atomic E-state index is 0.